The van der Waals surface area contributed by atoms with Crippen LogP contribution in [0.25, 0.3) is 11.4 Å². The van der Waals surface area contributed by atoms with Crippen LogP contribution in [0.1, 0.15) is 5.56 Å². The Morgan fingerprint density at radius 1 is 1.33 bits per heavy atom. The van der Waals surface area contributed by atoms with Crippen LogP contribution in [0.5, 0.6) is 0 Å². The number of benzene rings is 1. The summed E-state index contributed by atoms with van der Waals surface area (Å²) in [7, 11) is 0. The molecule has 5 nitrogen and oxygen atoms in total. The van der Waals surface area contributed by atoms with E-state index in [1.54, 1.807) is 12.1 Å². The van der Waals surface area contributed by atoms with Crippen molar-refractivity contribution in [1.29, 1.82) is 0 Å². The summed E-state index contributed by atoms with van der Waals surface area (Å²) in [5.74, 6) is 6.35. The highest BCUT2D eigenvalue weighted by molar-refractivity contribution is 6.30. The fourth-order valence-corrected chi connectivity index (χ4v) is 1.49. The first-order valence-electron chi connectivity index (χ1n) is 4.32. The zero-order chi connectivity index (χ0) is 11.0. The topological polar surface area (TPSA) is 82.8 Å². The lowest BCUT2D eigenvalue weighted by molar-refractivity contribution is 1.02. The molecular formula is C9H10ClN5. The molecule has 0 unspecified atom stereocenters. The van der Waals surface area contributed by atoms with E-state index in [4.69, 9.17) is 23.2 Å². The quantitative estimate of drug-likeness (QED) is 0.712. The van der Waals surface area contributed by atoms with Crippen LogP contribution >= 0.6 is 11.6 Å². The third-order valence-corrected chi connectivity index (χ3v) is 2.40. The number of anilines is 1. The maximum atomic E-state index is 5.90. The predicted octanol–water partition coefficient (Wildman–Crippen LogP) is 1.20. The molecule has 4 N–H and O–H groups in total. The number of aryl methyl sites for hydroxylation is 1. The maximum Gasteiger partial charge on any atom is 0.241 e. The Morgan fingerprint density at radius 2 is 2.07 bits per heavy atom. The lowest BCUT2D eigenvalue weighted by Gasteiger charge is -2.05. The number of aromatic nitrogens is 3. The lowest BCUT2D eigenvalue weighted by atomic mass is 10.1. The van der Waals surface area contributed by atoms with Gasteiger partial charge in [-0.05, 0) is 24.6 Å². The van der Waals surface area contributed by atoms with E-state index >= 15 is 0 Å². The van der Waals surface area contributed by atoms with Crippen molar-refractivity contribution >= 4 is 17.5 Å². The van der Waals surface area contributed by atoms with Gasteiger partial charge < -0.3 is 11.6 Å². The minimum Gasteiger partial charge on any atom is -0.366 e. The summed E-state index contributed by atoms with van der Waals surface area (Å²) >= 11 is 5.90. The third kappa shape index (κ3) is 1.61. The molecule has 1 heterocycles. The molecule has 1 aromatic carbocycles. The van der Waals surface area contributed by atoms with E-state index < -0.39 is 0 Å². The molecule has 0 saturated carbocycles. The standard InChI is InChI=1S/C9H10ClN5/c1-5-2-3-6(10)4-7(5)8-13-14-9(11)15(8)12/h2-4H,12H2,1H3,(H2,11,14). The van der Waals surface area contributed by atoms with Crippen LogP contribution in [0, 0.1) is 6.92 Å². The van der Waals surface area contributed by atoms with E-state index in [0.29, 0.717) is 10.8 Å². The first kappa shape index (κ1) is 9.79. The van der Waals surface area contributed by atoms with Crippen LogP contribution in [0.4, 0.5) is 5.95 Å². The fraction of sp³-hybridized carbons (Fsp3) is 0.111. The van der Waals surface area contributed by atoms with E-state index in [1.807, 2.05) is 13.0 Å². The Labute approximate surface area is 91.6 Å². The van der Waals surface area contributed by atoms with Crippen molar-refractivity contribution in [3.8, 4) is 11.4 Å². The SMILES string of the molecule is Cc1ccc(Cl)cc1-c1nnc(N)n1N. The van der Waals surface area contributed by atoms with Gasteiger partial charge in [0, 0.05) is 10.6 Å². The Kier molecular flexibility index (Phi) is 2.24. The van der Waals surface area contributed by atoms with Gasteiger partial charge in [0.1, 0.15) is 0 Å². The fourth-order valence-electron chi connectivity index (χ4n) is 1.32. The molecule has 0 saturated heterocycles. The summed E-state index contributed by atoms with van der Waals surface area (Å²) in [6.45, 7) is 1.94. The average molecular weight is 224 g/mol. The smallest absolute Gasteiger partial charge is 0.241 e. The molecule has 0 bridgehead atoms. The van der Waals surface area contributed by atoms with E-state index in [0.717, 1.165) is 11.1 Å². The highest BCUT2D eigenvalue weighted by Crippen LogP contribution is 2.24. The molecule has 0 aliphatic heterocycles. The first-order valence-corrected chi connectivity index (χ1v) is 4.70. The first-order chi connectivity index (χ1) is 7.09. The van der Waals surface area contributed by atoms with Crippen molar-refractivity contribution in [2.75, 3.05) is 11.6 Å². The number of nitrogens with zero attached hydrogens (tertiary/aromatic N) is 3. The highest BCUT2D eigenvalue weighted by atomic mass is 35.5. The zero-order valence-corrected chi connectivity index (χ0v) is 8.86. The third-order valence-electron chi connectivity index (χ3n) is 2.16. The van der Waals surface area contributed by atoms with Crippen molar-refractivity contribution in [1.82, 2.24) is 14.9 Å². The van der Waals surface area contributed by atoms with Gasteiger partial charge in [0.15, 0.2) is 5.82 Å². The van der Waals surface area contributed by atoms with Gasteiger partial charge in [-0.25, -0.2) is 4.68 Å². The van der Waals surface area contributed by atoms with E-state index in [1.165, 1.54) is 4.68 Å². The van der Waals surface area contributed by atoms with Crippen molar-refractivity contribution in [3.63, 3.8) is 0 Å². The van der Waals surface area contributed by atoms with Crippen LogP contribution in [-0.2, 0) is 0 Å². The summed E-state index contributed by atoms with van der Waals surface area (Å²) in [5.41, 5.74) is 7.34. The molecule has 2 aromatic rings. The van der Waals surface area contributed by atoms with Crippen LogP contribution in [0.3, 0.4) is 0 Å². The average Bonchev–Trinajstić information content (AvgIpc) is 2.52. The molecule has 0 atom stereocenters. The van der Waals surface area contributed by atoms with Gasteiger partial charge in [0.05, 0.1) is 0 Å². The number of rotatable bonds is 1. The Bertz CT molecular complexity index is 505. The van der Waals surface area contributed by atoms with Gasteiger partial charge in [-0.2, -0.15) is 0 Å². The molecule has 0 radical (unpaired) electrons. The number of nitrogens with two attached hydrogens (primary N) is 2. The number of hydrogen-bond acceptors (Lipinski definition) is 4. The summed E-state index contributed by atoms with van der Waals surface area (Å²) in [4.78, 5) is 0. The predicted molar refractivity (Wildman–Crippen MR) is 59.8 cm³/mol. The monoisotopic (exact) mass is 223 g/mol. The molecule has 2 rings (SSSR count). The van der Waals surface area contributed by atoms with E-state index in [2.05, 4.69) is 10.2 Å². The molecule has 0 aliphatic carbocycles. The van der Waals surface area contributed by atoms with Crippen molar-refractivity contribution in [2.45, 2.75) is 6.92 Å². The summed E-state index contributed by atoms with van der Waals surface area (Å²) < 4.78 is 1.23. The molecule has 78 valence electrons. The van der Waals surface area contributed by atoms with Crippen LogP contribution < -0.4 is 11.6 Å². The summed E-state index contributed by atoms with van der Waals surface area (Å²) in [6.07, 6.45) is 0. The molecule has 0 spiro atoms. The van der Waals surface area contributed by atoms with Gasteiger partial charge in [-0.3, -0.25) is 0 Å². The van der Waals surface area contributed by atoms with Gasteiger partial charge in [0.2, 0.25) is 5.95 Å². The number of hydrogen-bond donors (Lipinski definition) is 2. The van der Waals surface area contributed by atoms with Crippen molar-refractivity contribution in [2.24, 2.45) is 0 Å². The van der Waals surface area contributed by atoms with Gasteiger partial charge >= 0.3 is 0 Å². The number of halogens is 1. The molecule has 0 aliphatic rings. The van der Waals surface area contributed by atoms with E-state index in [9.17, 15) is 0 Å². The van der Waals surface area contributed by atoms with E-state index in [-0.39, 0.29) is 5.95 Å². The lowest BCUT2D eigenvalue weighted by Crippen LogP contribution is -2.13. The minimum atomic E-state index is 0.171. The minimum absolute atomic E-state index is 0.171. The molecule has 15 heavy (non-hydrogen) atoms. The Hall–Kier alpha value is -1.75. The van der Waals surface area contributed by atoms with Gasteiger partial charge in [-0.15, -0.1) is 10.2 Å². The van der Waals surface area contributed by atoms with Gasteiger partial charge in [0.25, 0.3) is 0 Å². The molecule has 1 aromatic heterocycles. The largest absolute Gasteiger partial charge is 0.366 e. The summed E-state index contributed by atoms with van der Waals surface area (Å²) in [5, 5.41) is 8.20. The molecule has 6 heteroatoms. The van der Waals surface area contributed by atoms with Crippen LogP contribution in [-0.4, -0.2) is 14.9 Å². The maximum absolute atomic E-state index is 5.90. The van der Waals surface area contributed by atoms with Crippen LogP contribution in [0.15, 0.2) is 18.2 Å². The molecular weight excluding hydrogens is 214 g/mol. The number of nitrogen functional groups attached to an aromatic ring is 2. The summed E-state index contributed by atoms with van der Waals surface area (Å²) in [6, 6.07) is 5.48. The van der Waals surface area contributed by atoms with Crippen molar-refractivity contribution < 1.29 is 0 Å². The Balaban J connectivity index is 2.63. The van der Waals surface area contributed by atoms with Crippen LogP contribution in [0.2, 0.25) is 5.02 Å². The second-order valence-electron chi connectivity index (χ2n) is 3.21. The second kappa shape index (κ2) is 3.43. The normalized spacial score (nSPS) is 10.5. The molecule has 0 amide bonds. The second-order valence-corrected chi connectivity index (χ2v) is 3.65. The zero-order valence-electron chi connectivity index (χ0n) is 8.11. The Morgan fingerprint density at radius 3 is 2.67 bits per heavy atom. The van der Waals surface area contributed by atoms with Gasteiger partial charge in [-0.1, -0.05) is 17.7 Å². The highest BCUT2D eigenvalue weighted by Gasteiger charge is 2.11. The van der Waals surface area contributed by atoms with Crippen molar-refractivity contribution in [3.05, 3.63) is 28.8 Å². The molecule has 0 fully saturated rings.